The zero-order chi connectivity index (χ0) is 20.4. The predicted octanol–water partition coefficient (Wildman–Crippen LogP) is 6.40. The average Bonchev–Trinajstić information content (AvgIpc) is 2.72. The zero-order valence-corrected chi connectivity index (χ0v) is 18.0. The van der Waals surface area contributed by atoms with Gasteiger partial charge < -0.3 is 4.74 Å². The van der Waals surface area contributed by atoms with E-state index in [0.717, 1.165) is 38.2 Å². The van der Waals surface area contributed by atoms with Crippen LogP contribution in [0.2, 0.25) is 0 Å². The Bertz CT molecular complexity index is 763. The molecule has 1 unspecified atom stereocenters. The Labute approximate surface area is 171 Å². The third-order valence-electron chi connectivity index (χ3n) is 5.30. The van der Waals surface area contributed by atoms with Crippen molar-refractivity contribution in [2.24, 2.45) is 5.92 Å². The first-order valence-electron chi connectivity index (χ1n) is 10.5. The number of hydrogen-bond acceptors (Lipinski definition) is 2. The van der Waals surface area contributed by atoms with E-state index in [4.69, 9.17) is 4.74 Å². The lowest BCUT2D eigenvalue weighted by atomic mass is 9.84. The highest BCUT2D eigenvalue weighted by atomic mass is 16.5. The molecule has 0 spiro atoms. The van der Waals surface area contributed by atoms with Gasteiger partial charge in [-0.3, -0.25) is 4.90 Å². The first-order chi connectivity index (χ1) is 13.6. The minimum Gasteiger partial charge on any atom is -0.492 e. The number of allylic oxidation sites excluding steroid dienone is 4. The van der Waals surface area contributed by atoms with Crippen LogP contribution in [0.15, 0.2) is 77.8 Å². The number of likely N-dealkylation sites (N-methyl/N-ethyl adjacent to an activating group) is 1. The number of benzene rings is 1. The lowest BCUT2D eigenvalue weighted by Gasteiger charge is -2.22. The van der Waals surface area contributed by atoms with Gasteiger partial charge in [-0.15, -0.1) is 12.3 Å². The normalized spacial score (nSPS) is 17.1. The first kappa shape index (κ1) is 22.0. The molecule has 1 aliphatic carbocycles. The summed E-state index contributed by atoms with van der Waals surface area (Å²) in [6.07, 6.45) is 8.25. The summed E-state index contributed by atoms with van der Waals surface area (Å²) in [6, 6.07) is 10.7. The number of rotatable bonds is 11. The first-order valence-corrected chi connectivity index (χ1v) is 10.5. The summed E-state index contributed by atoms with van der Waals surface area (Å²) in [5.41, 5.74) is 8.77. The van der Waals surface area contributed by atoms with Crippen molar-refractivity contribution in [1.82, 2.24) is 4.90 Å². The van der Waals surface area contributed by atoms with Crippen LogP contribution in [0.4, 0.5) is 0 Å². The van der Waals surface area contributed by atoms with Crippen molar-refractivity contribution < 1.29 is 4.74 Å². The molecule has 1 aliphatic rings. The van der Waals surface area contributed by atoms with Gasteiger partial charge in [0.2, 0.25) is 0 Å². The van der Waals surface area contributed by atoms with Crippen molar-refractivity contribution in [3.05, 3.63) is 83.3 Å². The van der Waals surface area contributed by atoms with Crippen LogP contribution >= 0.6 is 0 Å². The predicted molar refractivity (Wildman–Crippen MR) is 121 cm³/mol. The Hall–Kier alpha value is -2.28. The topological polar surface area (TPSA) is 12.5 Å². The van der Waals surface area contributed by atoms with Gasteiger partial charge in [-0.2, -0.15) is 0 Å². The molecule has 2 nitrogen and oxygen atoms in total. The molecule has 150 valence electrons. The van der Waals surface area contributed by atoms with Gasteiger partial charge in [-0.1, -0.05) is 62.8 Å². The molecule has 0 saturated carbocycles. The Kier molecular flexibility index (Phi) is 9.07. The Morgan fingerprint density at radius 1 is 1.21 bits per heavy atom. The lowest BCUT2D eigenvalue weighted by Crippen LogP contribution is -2.28. The maximum atomic E-state index is 6.03. The molecule has 1 aromatic rings. The van der Waals surface area contributed by atoms with Crippen LogP contribution < -0.4 is 0 Å². The fraction of sp³-hybridized carbons (Fsp3) is 0.423. The zero-order valence-electron chi connectivity index (χ0n) is 18.0. The summed E-state index contributed by atoms with van der Waals surface area (Å²) in [7, 11) is 0. The molecular weight excluding hydrogens is 342 g/mol. The minimum absolute atomic E-state index is 0.278. The second-order valence-electron chi connectivity index (χ2n) is 7.30. The molecule has 2 rings (SSSR count). The summed E-state index contributed by atoms with van der Waals surface area (Å²) in [6.45, 7) is 16.4. The van der Waals surface area contributed by atoms with Gasteiger partial charge in [0.1, 0.15) is 12.4 Å². The van der Waals surface area contributed by atoms with E-state index in [1.165, 1.54) is 22.3 Å². The molecule has 0 N–H and O–H groups in total. The van der Waals surface area contributed by atoms with E-state index in [1.807, 2.05) is 12.2 Å². The van der Waals surface area contributed by atoms with Crippen LogP contribution in [-0.4, -0.2) is 31.1 Å². The summed E-state index contributed by atoms with van der Waals surface area (Å²) >= 11 is 0. The van der Waals surface area contributed by atoms with E-state index in [9.17, 15) is 0 Å². The highest BCUT2D eigenvalue weighted by Gasteiger charge is 2.18. The Morgan fingerprint density at radius 2 is 1.96 bits per heavy atom. The van der Waals surface area contributed by atoms with E-state index in [-0.39, 0.29) is 5.92 Å². The summed E-state index contributed by atoms with van der Waals surface area (Å²) < 4.78 is 6.03. The quantitative estimate of drug-likeness (QED) is 0.327. The van der Waals surface area contributed by atoms with Crippen LogP contribution in [-0.2, 0) is 4.74 Å². The van der Waals surface area contributed by atoms with Gasteiger partial charge in [0.05, 0.1) is 0 Å². The SMILES string of the molecule is C=CCCN(CC)CCOC1=CC(C)C(/C(=C(/C)CC)c2ccccc2)=C=C1. The number of nitrogens with zero attached hydrogens (tertiary/aromatic N) is 1. The molecule has 0 fully saturated rings. The highest BCUT2D eigenvalue weighted by Crippen LogP contribution is 2.34. The highest BCUT2D eigenvalue weighted by molar-refractivity contribution is 5.82. The monoisotopic (exact) mass is 377 g/mol. The third-order valence-corrected chi connectivity index (χ3v) is 5.30. The van der Waals surface area contributed by atoms with E-state index in [0.29, 0.717) is 6.61 Å². The fourth-order valence-corrected chi connectivity index (χ4v) is 3.46. The van der Waals surface area contributed by atoms with Crippen LogP contribution in [0.25, 0.3) is 5.57 Å². The van der Waals surface area contributed by atoms with Gasteiger partial charge in [0.25, 0.3) is 0 Å². The van der Waals surface area contributed by atoms with E-state index < -0.39 is 0 Å². The van der Waals surface area contributed by atoms with Crippen molar-refractivity contribution in [2.45, 2.75) is 40.5 Å². The molecular formula is C26H35NO. The molecule has 0 radical (unpaired) electrons. The number of ether oxygens (including phenoxy) is 1. The lowest BCUT2D eigenvalue weighted by molar-refractivity contribution is 0.167. The van der Waals surface area contributed by atoms with Crippen LogP contribution in [0.5, 0.6) is 0 Å². The molecule has 0 saturated heterocycles. The second-order valence-corrected chi connectivity index (χ2v) is 7.30. The molecule has 0 bridgehead atoms. The molecule has 0 aliphatic heterocycles. The van der Waals surface area contributed by atoms with Crippen molar-refractivity contribution in [1.29, 1.82) is 0 Å². The maximum Gasteiger partial charge on any atom is 0.123 e. The van der Waals surface area contributed by atoms with Crippen molar-refractivity contribution >= 4 is 5.57 Å². The molecule has 2 heteroatoms. The summed E-state index contributed by atoms with van der Waals surface area (Å²) in [4.78, 5) is 2.39. The molecule has 0 aromatic heterocycles. The smallest absolute Gasteiger partial charge is 0.123 e. The van der Waals surface area contributed by atoms with Crippen LogP contribution in [0.3, 0.4) is 0 Å². The molecule has 1 atom stereocenters. The van der Waals surface area contributed by atoms with Gasteiger partial charge in [0.15, 0.2) is 0 Å². The molecule has 0 heterocycles. The summed E-state index contributed by atoms with van der Waals surface area (Å²) in [5, 5.41) is 0. The Balaban J connectivity index is 2.11. The van der Waals surface area contributed by atoms with Crippen molar-refractivity contribution in [2.75, 3.05) is 26.2 Å². The largest absolute Gasteiger partial charge is 0.492 e. The Morgan fingerprint density at radius 3 is 2.57 bits per heavy atom. The standard InChI is InChI=1S/C26H35NO/c1-6-9-17-27(8-3)18-19-28-24-15-16-25(22(5)20-24)26(21(4)7-2)23-13-11-10-12-14-23/h6,10-15,20,22H,1,7-9,17-19H2,2-5H3/b26-21-. The van der Waals surface area contributed by atoms with E-state index >= 15 is 0 Å². The van der Waals surface area contributed by atoms with Gasteiger partial charge in [-0.25, -0.2) is 0 Å². The van der Waals surface area contributed by atoms with Gasteiger partial charge >= 0.3 is 0 Å². The fourth-order valence-electron chi connectivity index (χ4n) is 3.46. The number of hydrogen-bond donors (Lipinski definition) is 0. The van der Waals surface area contributed by atoms with Crippen molar-refractivity contribution in [3.8, 4) is 0 Å². The van der Waals surface area contributed by atoms with E-state index in [1.54, 1.807) is 0 Å². The van der Waals surface area contributed by atoms with Gasteiger partial charge in [-0.05, 0) is 43.5 Å². The van der Waals surface area contributed by atoms with Crippen LogP contribution in [0, 0.1) is 5.92 Å². The minimum atomic E-state index is 0.278. The van der Waals surface area contributed by atoms with E-state index in [2.05, 4.69) is 81.3 Å². The average molecular weight is 378 g/mol. The second kappa shape index (κ2) is 11.5. The maximum absolute atomic E-state index is 6.03. The van der Waals surface area contributed by atoms with Gasteiger partial charge in [0, 0.05) is 30.7 Å². The van der Waals surface area contributed by atoms with Crippen LogP contribution in [0.1, 0.15) is 46.1 Å². The molecule has 1 aromatic carbocycles. The molecule has 0 amide bonds. The van der Waals surface area contributed by atoms with Crippen molar-refractivity contribution in [3.63, 3.8) is 0 Å². The molecule has 28 heavy (non-hydrogen) atoms. The third kappa shape index (κ3) is 6.12. The summed E-state index contributed by atoms with van der Waals surface area (Å²) in [5.74, 6) is 1.21.